The van der Waals surface area contributed by atoms with Gasteiger partial charge in [0.05, 0.1) is 6.54 Å². The van der Waals surface area contributed by atoms with Gasteiger partial charge in [0, 0.05) is 6.08 Å². The fourth-order valence-electron chi connectivity index (χ4n) is 1.33. The minimum Gasteiger partial charge on any atom is -0.452 e. The zero-order valence-corrected chi connectivity index (χ0v) is 11.7. The van der Waals surface area contributed by atoms with E-state index in [1.807, 2.05) is 0 Å². The molecule has 1 aromatic carbocycles. The topological polar surface area (TPSA) is 64.6 Å². The molecule has 23 heavy (non-hydrogen) atoms. The van der Waals surface area contributed by atoms with Crippen molar-refractivity contribution >= 4 is 18.0 Å². The van der Waals surface area contributed by atoms with E-state index < -0.39 is 24.8 Å². The van der Waals surface area contributed by atoms with Crippen molar-refractivity contribution in [2.45, 2.75) is 6.36 Å². The van der Waals surface area contributed by atoms with Crippen LogP contribution in [0.2, 0.25) is 0 Å². The van der Waals surface area contributed by atoms with Gasteiger partial charge >= 0.3 is 12.3 Å². The van der Waals surface area contributed by atoms with Crippen LogP contribution in [0.5, 0.6) is 5.75 Å². The Morgan fingerprint density at radius 1 is 1.26 bits per heavy atom. The number of amides is 1. The number of esters is 1. The lowest BCUT2D eigenvalue weighted by molar-refractivity contribution is -0.274. The molecule has 5 nitrogen and oxygen atoms in total. The summed E-state index contributed by atoms with van der Waals surface area (Å²) in [5.41, 5.74) is 0.452. The van der Waals surface area contributed by atoms with Gasteiger partial charge in [0.15, 0.2) is 6.61 Å². The van der Waals surface area contributed by atoms with E-state index in [0.717, 1.165) is 18.2 Å². The largest absolute Gasteiger partial charge is 0.573 e. The zero-order valence-electron chi connectivity index (χ0n) is 11.7. The Balaban J connectivity index is 2.46. The summed E-state index contributed by atoms with van der Waals surface area (Å²) in [5.74, 6) is 0.487. The van der Waals surface area contributed by atoms with Crippen LogP contribution in [0.25, 0.3) is 6.08 Å². The Kier molecular flexibility index (Phi) is 6.68. The van der Waals surface area contributed by atoms with Gasteiger partial charge in [0.1, 0.15) is 5.75 Å². The second-order valence-electron chi connectivity index (χ2n) is 4.04. The fourth-order valence-corrected chi connectivity index (χ4v) is 1.33. The number of terminal acetylenes is 1. The maximum atomic E-state index is 12.0. The lowest BCUT2D eigenvalue weighted by atomic mass is 10.2. The first-order chi connectivity index (χ1) is 10.8. The highest BCUT2D eigenvalue weighted by atomic mass is 19.4. The van der Waals surface area contributed by atoms with Crippen LogP contribution in [0.15, 0.2) is 30.3 Å². The molecule has 0 atom stereocenters. The normalized spacial score (nSPS) is 10.9. The highest BCUT2D eigenvalue weighted by molar-refractivity contribution is 5.89. The van der Waals surface area contributed by atoms with E-state index in [-0.39, 0.29) is 12.3 Å². The monoisotopic (exact) mass is 327 g/mol. The summed E-state index contributed by atoms with van der Waals surface area (Å²) in [6.07, 6.45) is 2.53. The van der Waals surface area contributed by atoms with Crippen LogP contribution < -0.4 is 10.1 Å². The van der Waals surface area contributed by atoms with Gasteiger partial charge < -0.3 is 14.8 Å². The van der Waals surface area contributed by atoms with Gasteiger partial charge in [-0.15, -0.1) is 19.6 Å². The number of nitrogens with one attached hydrogen (secondary N) is 1. The molecule has 0 radical (unpaired) electrons. The first kappa shape index (κ1) is 18.1. The summed E-state index contributed by atoms with van der Waals surface area (Å²) in [6.45, 7) is -0.457. The number of carbonyl (C=O) groups is 2. The molecule has 1 N–H and O–H groups in total. The van der Waals surface area contributed by atoms with E-state index in [4.69, 9.17) is 6.42 Å². The number of carbonyl (C=O) groups excluding carboxylic acids is 2. The smallest absolute Gasteiger partial charge is 0.452 e. The maximum absolute atomic E-state index is 12.0. The van der Waals surface area contributed by atoms with Crippen LogP contribution in [0.1, 0.15) is 5.56 Å². The maximum Gasteiger partial charge on any atom is 0.573 e. The molecule has 0 spiro atoms. The molecule has 0 aliphatic rings. The van der Waals surface area contributed by atoms with Crippen LogP contribution in [-0.4, -0.2) is 31.4 Å². The third-order valence-corrected chi connectivity index (χ3v) is 2.26. The highest BCUT2D eigenvalue weighted by Crippen LogP contribution is 2.22. The summed E-state index contributed by atoms with van der Waals surface area (Å²) in [5, 5.41) is 2.30. The molecule has 0 heterocycles. The molecular formula is C15H12F3NO4. The number of halogens is 3. The van der Waals surface area contributed by atoms with Crippen LogP contribution in [0.3, 0.4) is 0 Å². The van der Waals surface area contributed by atoms with Crippen LogP contribution in [0.4, 0.5) is 13.2 Å². The Morgan fingerprint density at radius 3 is 2.48 bits per heavy atom. The van der Waals surface area contributed by atoms with Gasteiger partial charge in [-0.05, 0) is 23.8 Å². The zero-order chi connectivity index (χ0) is 17.3. The minimum atomic E-state index is -4.76. The molecule has 0 aromatic heterocycles. The number of alkyl halides is 3. The molecule has 0 fully saturated rings. The van der Waals surface area contributed by atoms with Crippen LogP contribution in [-0.2, 0) is 14.3 Å². The SMILES string of the molecule is C#CCNC(=O)COC(=O)/C=C/c1ccc(OC(F)(F)F)cc1. The summed E-state index contributed by atoms with van der Waals surface area (Å²) < 4.78 is 44.3. The predicted molar refractivity (Wildman–Crippen MR) is 75.0 cm³/mol. The third-order valence-electron chi connectivity index (χ3n) is 2.26. The number of rotatable bonds is 6. The molecule has 1 rings (SSSR count). The molecule has 122 valence electrons. The van der Waals surface area contributed by atoms with Gasteiger partial charge in [-0.25, -0.2) is 4.79 Å². The Labute approximate surface area is 130 Å². The summed E-state index contributed by atoms with van der Waals surface area (Å²) in [6, 6.07) is 4.85. The standard InChI is InChI=1S/C15H12F3NO4/c1-2-9-19-13(20)10-22-14(21)8-5-11-3-6-12(7-4-11)23-15(16,17)18/h1,3-8H,9-10H2,(H,19,20)/b8-5+. The predicted octanol–water partition coefficient (Wildman–Crippen LogP) is 1.89. The molecule has 0 unspecified atom stereocenters. The third kappa shape index (κ3) is 8.16. The Morgan fingerprint density at radius 2 is 1.91 bits per heavy atom. The summed E-state index contributed by atoms with van der Waals surface area (Å²) >= 11 is 0. The molecule has 1 aromatic rings. The first-order valence-electron chi connectivity index (χ1n) is 6.21. The average Bonchev–Trinajstić information content (AvgIpc) is 2.48. The molecule has 0 saturated heterocycles. The average molecular weight is 327 g/mol. The molecule has 1 amide bonds. The van der Waals surface area contributed by atoms with Gasteiger partial charge in [0.25, 0.3) is 5.91 Å². The number of ether oxygens (including phenoxy) is 2. The van der Waals surface area contributed by atoms with Gasteiger partial charge in [0.2, 0.25) is 0 Å². The molecule has 0 bridgehead atoms. The molecule has 8 heteroatoms. The Hall–Kier alpha value is -2.95. The van der Waals surface area contributed by atoms with Crippen molar-refractivity contribution in [3.63, 3.8) is 0 Å². The lowest BCUT2D eigenvalue weighted by Crippen LogP contribution is -2.28. The van der Waals surface area contributed by atoms with Crippen LogP contribution in [0, 0.1) is 12.3 Å². The van der Waals surface area contributed by atoms with E-state index in [9.17, 15) is 22.8 Å². The van der Waals surface area contributed by atoms with E-state index in [1.54, 1.807) is 0 Å². The van der Waals surface area contributed by atoms with Crippen molar-refractivity contribution in [1.82, 2.24) is 5.32 Å². The second-order valence-corrected chi connectivity index (χ2v) is 4.04. The van der Waals surface area contributed by atoms with Gasteiger partial charge in [-0.1, -0.05) is 18.1 Å². The van der Waals surface area contributed by atoms with E-state index in [1.165, 1.54) is 18.2 Å². The van der Waals surface area contributed by atoms with Crippen LogP contribution >= 0.6 is 0 Å². The molecular weight excluding hydrogens is 315 g/mol. The second kappa shape index (κ2) is 8.48. The van der Waals surface area contributed by atoms with Crippen molar-refractivity contribution in [3.05, 3.63) is 35.9 Å². The van der Waals surface area contributed by atoms with Crippen molar-refractivity contribution < 1.29 is 32.2 Å². The van der Waals surface area contributed by atoms with E-state index in [2.05, 4.69) is 20.7 Å². The number of hydrogen-bond donors (Lipinski definition) is 1. The van der Waals surface area contributed by atoms with Crippen molar-refractivity contribution in [3.8, 4) is 18.1 Å². The Bertz CT molecular complexity index is 615. The summed E-state index contributed by atoms with van der Waals surface area (Å²) in [4.78, 5) is 22.5. The van der Waals surface area contributed by atoms with Crippen molar-refractivity contribution in [2.24, 2.45) is 0 Å². The van der Waals surface area contributed by atoms with E-state index >= 15 is 0 Å². The van der Waals surface area contributed by atoms with Crippen molar-refractivity contribution in [1.29, 1.82) is 0 Å². The van der Waals surface area contributed by atoms with Gasteiger partial charge in [-0.2, -0.15) is 0 Å². The number of benzene rings is 1. The van der Waals surface area contributed by atoms with Crippen molar-refractivity contribution in [2.75, 3.05) is 13.2 Å². The minimum absolute atomic E-state index is 0.0264. The first-order valence-corrected chi connectivity index (χ1v) is 6.21. The number of hydrogen-bond acceptors (Lipinski definition) is 4. The molecule has 0 aliphatic heterocycles. The molecule has 0 saturated carbocycles. The summed E-state index contributed by atoms with van der Waals surface area (Å²) in [7, 11) is 0. The quantitative estimate of drug-likeness (QED) is 0.492. The van der Waals surface area contributed by atoms with E-state index in [0.29, 0.717) is 5.56 Å². The lowest BCUT2D eigenvalue weighted by Gasteiger charge is -2.08. The molecule has 0 aliphatic carbocycles. The highest BCUT2D eigenvalue weighted by Gasteiger charge is 2.30. The van der Waals surface area contributed by atoms with Gasteiger partial charge in [-0.3, -0.25) is 4.79 Å². The fraction of sp³-hybridized carbons (Fsp3) is 0.200.